The Bertz CT molecular complexity index is 3640. The molecular formula is C64H53N3. The summed E-state index contributed by atoms with van der Waals surface area (Å²) in [6.07, 6.45) is 6.58. The first kappa shape index (κ1) is 39.7. The van der Waals surface area contributed by atoms with Gasteiger partial charge in [-0.25, -0.2) is 0 Å². The highest BCUT2D eigenvalue weighted by Crippen LogP contribution is 2.57. The largest absolute Gasteiger partial charge is 0.310 e. The highest BCUT2D eigenvalue weighted by atomic mass is 15.1. The van der Waals surface area contributed by atoms with Crippen molar-refractivity contribution in [1.29, 1.82) is 0 Å². The van der Waals surface area contributed by atoms with Crippen LogP contribution in [0.2, 0.25) is 0 Å². The molecule has 0 aliphatic heterocycles. The molecule has 3 nitrogen and oxygen atoms in total. The lowest BCUT2D eigenvalue weighted by Crippen LogP contribution is -2.19. The van der Waals surface area contributed by atoms with Gasteiger partial charge in [0.05, 0.1) is 11.0 Å². The van der Waals surface area contributed by atoms with Gasteiger partial charge in [0, 0.05) is 72.3 Å². The molecule has 13 rings (SSSR count). The number of hydrogen-bond acceptors (Lipinski definition) is 2. The third kappa shape index (κ3) is 6.32. The van der Waals surface area contributed by atoms with E-state index in [9.17, 15) is 0 Å². The zero-order valence-corrected chi connectivity index (χ0v) is 38.5. The average Bonchev–Trinajstić information content (AvgIpc) is 3.97. The molecule has 2 heterocycles. The molecule has 3 heteroatoms. The minimum atomic E-state index is -0.296. The summed E-state index contributed by atoms with van der Waals surface area (Å²) in [5.74, 6) is 0.634. The molecule has 0 radical (unpaired) electrons. The highest BCUT2D eigenvalue weighted by molar-refractivity contribution is 6.25. The van der Waals surface area contributed by atoms with Crippen LogP contribution in [-0.4, -0.2) is 4.40 Å². The number of nitrogens with zero attached hydrogens (tertiary/aromatic N) is 3. The van der Waals surface area contributed by atoms with E-state index in [4.69, 9.17) is 0 Å². The van der Waals surface area contributed by atoms with Gasteiger partial charge in [-0.15, -0.1) is 0 Å². The van der Waals surface area contributed by atoms with Gasteiger partial charge < -0.3 is 14.2 Å². The van der Waals surface area contributed by atoms with Crippen molar-refractivity contribution in [3.63, 3.8) is 0 Å². The Hall–Kier alpha value is -7.62. The minimum absolute atomic E-state index is 0.296. The van der Waals surface area contributed by atoms with Crippen LogP contribution >= 0.6 is 0 Å². The molecule has 2 aromatic heterocycles. The summed E-state index contributed by atoms with van der Waals surface area (Å²) in [7, 11) is 0. The Labute approximate surface area is 393 Å². The molecule has 0 amide bonds. The molecule has 11 aromatic rings. The van der Waals surface area contributed by atoms with Gasteiger partial charge in [0.1, 0.15) is 0 Å². The van der Waals surface area contributed by atoms with E-state index in [0.29, 0.717) is 5.92 Å². The van der Waals surface area contributed by atoms with Crippen LogP contribution in [0.15, 0.2) is 200 Å². The number of anilines is 6. The number of fused-ring (bicyclic) bond motifs is 10. The second-order valence-electron chi connectivity index (χ2n) is 19.7. The summed E-state index contributed by atoms with van der Waals surface area (Å²) in [5, 5.41) is 6.46. The van der Waals surface area contributed by atoms with Gasteiger partial charge in [-0.05, 0) is 149 Å². The Kier molecular flexibility index (Phi) is 9.19. The van der Waals surface area contributed by atoms with Crippen molar-refractivity contribution in [2.75, 3.05) is 9.80 Å². The third-order valence-electron chi connectivity index (χ3n) is 15.2. The van der Waals surface area contributed by atoms with E-state index >= 15 is 0 Å². The Balaban J connectivity index is 0.993. The van der Waals surface area contributed by atoms with E-state index < -0.39 is 0 Å². The first-order valence-corrected chi connectivity index (χ1v) is 24.3. The van der Waals surface area contributed by atoms with Crippen LogP contribution in [0.3, 0.4) is 0 Å². The lowest BCUT2D eigenvalue weighted by molar-refractivity contribution is 0.443. The van der Waals surface area contributed by atoms with Gasteiger partial charge in [0.2, 0.25) is 0 Å². The predicted octanol–water partition coefficient (Wildman–Crippen LogP) is 18.1. The molecule has 9 aromatic carbocycles. The smallest absolute Gasteiger partial charge is 0.0618 e. The summed E-state index contributed by atoms with van der Waals surface area (Å²) < 4.78 is 2.67. The van der Waals surface area contributed by atoms with Crippen molar-refractivity contribution >= 4 is 72.1 Å². The molecule has 0 unspecified atom stereocenters. The normalized spacial score (nSPS) is 14.6. The quantitative estimate of drug-likeness (QED) is 0.151. The maximum atomic E-state index is 2.67. The van der Waals surface area contributed by atoms with Crippen LogP contribution in [0.4, 0.5) is 34.1 Å². The van der Waals surface area contributed by atoms with Gasteiger partial charge in [0.25, 0.3) is 0 Å². The summed E-state index contributed by atoms with van der Waals surface area (Å²) in [4.78, 5) is 4.89. The maximum Gasteiger partial charge on any atom is 0.0618 e. The lowest BCUT2D eigenvalue weighted by atomic mass is 9.84. The maximum absolute atomic E-state index is 2.67. The van der Waals surface area contributed by atoms with E-state index in [2.05, 4.69) is 235 Å². The van der Waals surface area contributed by atoms with Crippen LogP contribution in [0, 0.1) is 6.92 Å². The molecule has 1 fully saturated rings. The summed E-state index contributed by atoms with van der Waals surface area (Å²) in [6, 6.07) is 74.7. The van der Waals surface area contributed by atoms with Gasteiger partial charge in [-0.3, -0.25) is 0 Å². The summed E-state index contributed by atoms with van der Waals surface area (Å²) >= 11 is 0. The molecule has 1 saturated carbocycles. The Morgan fingerprint density at radius 1 is 0.448 bits per heavy atom. The average molecular weight is 864 g/mol. The molecule has 2 aliphatic rings. The monoisotopic (exact) mass is 863 g/mol. The number of benzene rings is 9. The van der Waals surface area contributed by atoms with Crippen molar-refractivity contribution < 1.29 is 0 Å². The number of para-hydroxylation sites is 2. The Morgan fingerprint density at radius 2 is 1.00 bits per heavy atom. The lowest BCUT2D eigenvalue weighted by Gasteiger charge is -2.29. The molecular weight excluding hydrogens is 811 g/mol. The fourth-order valence-corrected chi connectivity index (χ4v) is 12.1. The van der Waals surface area contributed by atoms with Crippen LogP contribution in [-0.2, 0) is 5.41 Å². The molecule has 67 heavy (non-hydrogen) atoms. The van der Waals surface area contributed by atoms with Gasteiger partial charge >= 0.3 is 0 Å². The number of hydrogen-bond donors (Lipinski definition) is 0. The molecule has 0 N–H and O–H groups in total. The van der Waals surface area contributed by atoms with Crippen molar-refractivity contribution in [2.45, 2.75) is 64.2 Å². The minimum Gasteiger partial charge on any atom is -0.310 e. The van der Waals surface area contributed by atoms with E-state index in [-0.39, 0.29) is 5.41 Å². The van der Waals surface area contributed by atoms with Crippen LogP contribution in [0.1, 0.15) is 74.3 Å². The molecule has 324 valence electrons. The fourth-order valence-electron chi connectivity index (χ4n) is 12.1. The van der Waals surface area contributed by atoms with Crippen molar-refractivity contribution in [3.05, 3.63) is 223 Å². The topological polar surface area (TPSA) is 10.9 Å². The molecule has 2 aliphatic carbocycles. The van der Waals surface area contributed by atoms with Gasteiger partial charge in [0.15, 0.2) is 0 Å². The third-order valence-corrected chi connectivity index (χ3v) is 15.2. The first-order valence-electron chi connectivity index (χ1n) is 24.3. The standard InChI is InChI=1S/C64H53N3/c1-42-37-57-54-35-30-46-29-33-52(65(48-22-12-6-13-23-48)50-31-27-45(28-32-50)43-17-8-4-9-18-43)40-56(46)61(54)67-62(57)58(38-42)60-55-36-34-53(41-59(55)64(2,3)63(60)67)66(49-24-14-7-15-25-49)51-26-16-21-47(39-51)44-19-10-5-11-20-44/h4,6-9,12-18,21-41,44H,5,10-11,19-20H2,1-3H3. The SMILES string of the molecule is Cc1cc2c3c(n4c2c(c1)c1ccc2ccc(N(c5ccccc5)c5ccc(-c6ccccc6)cc5)cc2c14)C(C)(C)c1cc(N(c2ccccc2)c2cccc(C4CCCCC4)c2)ccc1-3. The molecule has 0 spiro atoms. The van der Waals surface area contributed by atoms with Crippen LogP contribution < -0.4 is 9.80 Å². The first-order chi connectivity index (χ1) is 32.9. The van der Waals surface area contributed by atoms with E-state index in [1.165, 1.54) is 132 Å². The van der Waals surface area contributed by atoms with E-state index in [1.54, 1.807) is 0 Å². The predicted molar refractivity (Wildman–Crippen MR) is 284 cm³/mol. The van der Waals surface area contributed by atoms with E-state index in [0.717, 1.165) is 17.1 Å². The highest BCUT2D eigenvalue weighted by Gasteiger charge is 2.42. The fraction of sp³-hybridized carbons (Fsp3) is 0.156. The second kappa shape index (κ2) is 15.5. The van der Waals surface area contributed by atoms with Crippen LogP contribution in [0.25, 0.3) is 60.2 Å². The van der Waals surface area contributed by atoms with Gasteiger partial charge in [-0.1, -0.05) is 148 Å². The zero-order valence-electron chi connectivity index (χ0n) is 38.5. The molecule has 0 atom stereocenters. The van der Waals surface area contributed by atoms with Crippen molar-refractivity contribution in [1.82, 2.24) is 4.40 Å². The number of aryl methyl sites for hydroxylation is 1. The number of aromatic nitrogens is 1. The van der Waals surface area contributed by atoms with Crippen molar-refractivity contribution in [3.8, 4) is 22.3 Å². The second-order valence-corrected chi connectivity index (χ2v) is 19.7. The zero-order chi connectivity index (χ0) is 44.8. The van der Waals surface area contributed by atoms with Crippen LogP contribution in [0.5, 0.6) is 0 Å². The van der Waals surface area contributed by atoms with E-state index in [1.807, 2.05) is 0 Å². The van der Waals surface area contributed by atoms with Crippen molar-refractivity contribution in [2.24, 2.45) is 0 Å². The van der Waals surface area contributed by atoms with Gasteiger partial charge in [-0.2, -0.15) is 0 Å². The molecule has 0 bridgehead atoms. The summed E-state index contributed by atoms with van der Waals surface area (Å²) in [5.41, 5.74) is 19.9. The number of rotatable bonds is 8. The summed E-state index contributed by atoms with van der Waals surface area (Å²) in [6.45, 7) is 7.18. The molecule has 0 saturated heterocycles. The Morgan fingerprint density at radius 3 is 1.73 bits per heavy atom.